The van der Waals surface area contributed by atoms with Crippen LogP contribution in [0.1, 0.15) is 13.8 Å². The van der Waals surface area contributed by atoms with Crippen LogP contribution in [0.3, 0.4) is 0 Å². The summed E-state index contributed by atoms with van der Waals surface area (Å²) in [6.07, 6.45) is -0.655. The number of nitrogens with two attached hydrogens (primary N) is 1. The van der Waals surface area contributed by atoms with Gasteiger partial charge in [0.05, 0.1) is 30.3 Å². The summed E-state index contributed by atoms with van der Waals surface area (Å²) in [5, 5.41) is 13.7. The summed E-state index contributed by atoms with van der Waals surface area (Å²) in [7, 11) is 1.27. The molecule has 24 heavy (non-hydrogen) atoms. The Kier molecular flexibility index (Phi) is 3.76. The topological polar surface area (TPSA) is 115 Å². The number of benzene rings is 1. The fourth-order valence-corrected chi connectivity index (χ4v) is 2.64. The summed E-state index contributed by atoms with van der Waals surface area (Å²) in [6, 6.07) is 7.49. The molecule has 1 amide bonds. The molecule has 3 rings (SSSR count). The summed E-state index contributed by atoms with van der Waals surface area (Å²) >= 11 is 0. The van der Waals surface area contributed by atoms with Crippen molar-refractivity contribution >= 4 is 39.8 Å². The number of anilines is 2. The number of nitrogens with one attached hydrogen (secondary N) is 1. The number of nitrogens with zero attached hydrogens (tertiary/aromatic N) is 3. The number of carbonyl (C=O) groups excluding carboxylic acids is 1. The lowest BCUT2D eigenvalue weighted by Gasteiger charge is -2.20. The Morgan fingerprint density at radius 3 is 2.75 bits per heavy atom. The molecule has 0 aliphatic rings. The predicted molar refractivity (Wildman–Crippen MR) is 91.8 cm³/mol. The van der Waals surface area contributed by atoms with Crippen molar-refractivity contribution in [1.82, 2.24) is 14.5 Å². The number of hydrogen-bond donors (Lipinski definition) is 3. The van der Waals surface area contributed by atoms with Crippen LogP contribution >= 0.6 is 0 Å². The number of rotatable bonds is 3. The zero-order valence-corrected chi connectivity index (χ0v) is 13.7. The summed E-state index contributed by atoms with van der Waals surface area (Å²) in [5.41, 5.74) is 6.88. The molecule has 4 N–H and O–H groups in total. The van der Waals surface area contributed by atoms with Gasteiger partial charge >= 0.3 is 6.09 Å². The Bertz CT molecular complexity index is 927. The number of amides is 1. The van der Waals surface area contributed by atoms with Crippen LogP contribution in [0.5, 0.6) is 0 Å². The van der Waals surface area contributed by atoms with E-state index < -0.39 is 11.7 Å². The van der Waals surface area contributed by atoms with Crippen LogP contribution in [0, 0.1) is 0 Å². The fourth-order valence-electron chi connectivity index (χ4n) is 2.64. The third-order valence-corrected chi connectivity index (χ3v) is 3.55. The van der Waals surface area contributed by atoms with Crippen molar-refractivity contribution in [2.75, 3.05) is 18.2 Å². The van der Waals surface area contributed by atoms with Gasteiger partial charge in [0.15, 0.2) is 5.82 Å². The maximum absolute atomic E-state index is 11.6. The highest BCUT2D eigenvalue weighted by Crippen LogP contribution is 2.31. The number of para-hydroxylation sites is 1. The molecule has 0 aliphatic heterocycles. The number of imidazole rings is 1. The Hall–Kier alpha value is -2.87. The second-order valence-corrected chi connectivity index (χ2v) is 6.16. The first-order chi connectivity index (χ1) is 11.3. The standard InChI is InChI=1S/C16H19N5O3/c1-16(2,23)8-21-12-9-6-4-5-7-10(9)18-13(17)11(12)19-14(21)20-15(22)24-3/h4-7,23H,8H2,1-3H3,(H2,17,18)(H,19,20,22). The monoisotopic (exact) mass is 329 g/mol. The molecule has 8 nitrogen and oxygen atoms in total. The van der Waals surface area contributed by atoms with Crippen molar-refractivity contribution in [2.24, 2.45) is 0 Å². The number of methoxy groups -OCH3 is 1. The molecule has 0 atom stereocenters. The Morgan fingerprint density at radius 2 is 2.08 bits per heavy atom. The van der Waals surface area contributed by atoms with Gasteiger partial charge in [0, 0.05) is 5.39 Å². The first-order valence-corrected chi connectivity index (χ1v) is 7.42. The van der Waals surface area contributed by atoms with Crippen molar-refractivity contribution < 1.29 is 14.6 Å². The van der Waals surface area contributed by atoms with Crippen LogP contribution in [-0.2, 0) is 11.3 Å². The van der Waals surface area contributed by atoms with E-state index in [0.717, 1.165) is 5.39 Å². The maximum Gasteiger partial charge on any atom is 0.413 e. The zero-order chi connectivity index (χ0) is 17.5. The molecule has 0 radical (unpaired) electrons. The van der Waals surface area contributed by atoms with E-state index in [2.05, 4.69) is 20.0 Å². The average Bonchev–Trinajstić information content (AvgIpc) is 2.85. The van der Waals surface area contributed by atoms with Crippen molar-refractivity contribution in [3.63, 3.8) is 0 Å². The summed E-state index contributed by atoms with van der Waals surface area (Å²) in [5.74, 6) is 0.495. The minimum absolute atomic E-state index is 0.205. The molecule has 0 saturated carbocycles. The first kappa shape index (κ1) is 16.0. The summed E-state index contributed by atoms with van der Waals surface area (Å²) < 4.78 is 6.36. The number of carbonyl (C=O) groups is 1. The molecule has 3 aromatic rings. The molecule has 0 fully saturated rings. The fraction of sp³-hybridized carbons (Fsp3) is 0.312. The quantitative estimate of drug-likeness (QED) is 0.678. The molecule has 2 heterocycles. The second kappa shape index (κ2) is 5.64. The lowest BCUT2D eigenvalue weighted by Crippen LogP contribution is -2.27. The van der Waals surface area contributed by atoms with Gasteiger partial charge < -0.3 is 20.1 Å². The van der Waals surface area contributed by atoms with Gasteiger partial charge in [-0.15, -0.1) is 0 Å². The number of aromatic nitrogens is 3. The van der Waals surface area contributed by atoms with Crippen molar-refractivity contribution in [3.05, 3.63) is 24.3 Å². The third kappa shape index (κ3) is 2.83. The molecule has 0 spiro atoms. The van der Waals surface area contributed by atoms with E-state index in [9.17, 15) is 9.90 Å². The van der Waals surface area contributed by atoms with Gasteiger partial charge in [-0.25, -0.2) is 14.8 Å². The molecular weight excluding hydrogens is 310 g/mol. The van der Waals surface area contributed by atoms with E-state index in [4.69, 9.17) is 5.73 Å². The van der Waals surface area contributed by atoms with Crippen molar-refractivity contribution in [1.29, 1.82) is 0 Å². The number of aliphatic hydroxyl groups is 1. The Balaban J connectivity index is 2.34. The third-order valence-electron chi connectivity index (χ3n) is 3.55. The van der Waals surface area contributed by atoms with Crippen molar-refractivity contribution in [2.45, 2.75) is 26.0 Å². The van der Waals surface area contributed by atoms with Crippen LogP contribution in [-0.4, -0.2) is 38.4 Å². The molecule has 0 bridgehead atoms. The molecule has 0 unspecified atom stereocenters. The number of fused-ring (bicyclic) bond motifs is 3. The number of pyridine rings is 1. The predicted octanol–water partition coefficient (Wildman–Crippen LogP) is 2.12. The summed E-state index contributed by atoms with van der Waals surface area (Å²) in [6.45, 7) is 3.55. The van der Waals surface area contributed by atoms with Crippen LogP contribution in [0.15, 0.2) is 24.3 Å². The SMILES string of the molecule is COC(=O)Nc1nc2c(N)nc3ccccc3c2n1CC(C)(C)O. The maximum atomic E-state index is 11.6. The smallest absolute Gasteiger partial charge is 0.413 e. The lowest BCUT2D eigenvalue weighted by atomic mass is 10.1. The number of hydrogen-bond acceptors (Lipinski definition) is 6. The van der Waals surface area contributed by atoms with E-state index in [1.54, 1.807) is 18.4 Å². The van der Waals surface area contributed by atoms with Gasteiger partial charge in [-0.3, -0.25) is 5.32 Å². The molecule has 8 heteroatoms. The van der Waals surface area contributed by atoms with Gasteiger partial charge in [0.2, 0.25) is 5.95 Å². The summed E-state index contributed by atoms with van der Waals surface area (Å²) in [4.78, 5) is 20.4. The van der Waals surface area contributed by atoms with Gasteiger partial charge in [-0.05, 0) is 19.9 Å². The minimum atomic E-state index is -1.03. The number of ether oxygens (including phenoxy) is 1. The van der Waals surface area contributed by atoms with Gasteiger partial charge in [0.1, 0.15) is 5.52 Å². The van der Waals surface area contributed by atoms with E-state index in [1.165, 1.54) is 7.11 Å². The van der Waals surface area contributed by atoms with Crippen molar-refractivity contribution in [3.8, 4) is 0 Å². The highest BCUT2D eigenvalue weighted by Gasteiger charge is 2.23. The van der Waals surface area contributed by atoms with Crippen LogP contribution in [0.2, 0.25) is 0 Å². The molecule has 2 aromatic heterocycles. The van der Waals surface area contributed by atoms with E-state index >= 15 is 0 Å². The normalized spacial score (nSPS) is 11.8. The Labute approximate surface area is 138 Å². The van der Waals surface area contributed by atoms with Crippen LogP contribution in [0.25, 0.3) is 21.9 Å². The molecule has 0 aliphatic carbocycles. The second-order valence-electron chi connectivity index (χ2n) is 6.16. The highest BCUT2D eigenvalue weighted by molar-refractivity contribution is 6.07. The minimum Gasteiger partial charge on any atom is -0.453 e. The van der Waals surface area contributed by atoms with Gasteiger partial charge in [-0.1, -0.05) is 18.2 Å². The van der Waals surface area contributed by atoms with E-state index in [1.807, 2.05) is 24.3 Å². The molecule has 126 valence electrons. The Morgan fingerprint density at radius 1 is 1.38 bits per heavy atom. The first-order valence-electron chi connectivity index (χ1n) is 7.42. The molecule has 0 saturated heterocycles. The molecule has 1 aromatic carbocycles. The van der Waals surface area contributed by atoms with Gasteiger partial charge in [-0.2, -0.15) is 0 Å². The van der Waals surface area contributed by atoms with E-state index in [0.29, 0.717) is 16.6 Å². The van der Waals surface area contributed by atoms with E-state index in [-0.39, 0.29) is 18.3 Å². The number of nitrogen functional groups attached to an aromatic ring is 1. The highest BCUT2D eigenvalue weighted by atomic mass is 16.5. The zero-order valence-electron chi connectivity index (χ0n) is 13.7. The largest absolute Gasteiger partial charge is 0.453 e. The molecular formula is C16H19N5O3. The van der Waals surface area contributed by atoms with Gasteiger partial charge in [0.25, 0.3) is 0 Å². The lowest BCUT2D eigenvalue weighted by molar-refractivity contribution is 0.0632. The van der Waals surface area contributed by atoms with Crippen LogP contribution < -0.4 is 11.1 Å². The van der Waals surface area contributed by atoms with Crippen LogP contribution in [0.4, 0.5) is 16.6 Å². The average molecular weight is 329 g/mol.